The highest BCUT2D eigenvalue weighted by atomic mass is 16.5. The van der Waals surface area contributed by atoms with E-state index in [9.17, 15) is 0 Å². The summed E-state index contributed by atoms with van der Waals surface area (Å²) in [5.74, 6) is 1.63. The molecule has 1 heterocycles. The molecule has 0 aliphatic rings. The molecule has 0 fully saturated rings. The molecule has 94 valence electrons. The first-order valence-corrected chi connectivity index (χ1v) is 6.02. The number of aryl methyl sites for hydroxylation is 3. The monoisotopic (exact) mass is 242 g/mol. The van der Waals surface area contributed by atoms with Gasteiger partial charge in [-0.05, 0) is 38.5 Å². The molecular formula is C15H18N2O. The van der Waals surface area contributed by atoms with E-state index in [1.165, 1.54) is 5.56 Å². The Morgan fingerprint density at radius 3 is 2.61 bits per heavy atom. The number of ether oxygens (including phenoxy) is 1. The van der Waals surface area contributed by atoms with Gasteiger partial charge >= 0.3 is 0 Å². The van der Waals surface area contributed by atoms with Crippen molar-refractivity contribution in [1.82, 2.24) is 4.98 Å². The summed E-state index contributed by atoms with van der Waals surface area (Å²) in [6.07, 6.45) is 0. The fourth-order valence-electron chi connectivity index (χ4n) is 1.96. The standard InChI is InChI=1S/C15H18N2O/c1-10-5-4-6-13(7-10)18-15-8-11(2)17-12(3)14(15)9-16/h4-8H,9,16H2,1-3H3. The van der Waals surface area contributed by atoms with Gasteiger partial charge in [0.05, 0.1) is 0 Å². The summed E-state index contributed by atoms with van der Waals surface area (Å²) in [5.41, 5.74) is 9.76. The van der Waals surface area contributed by atoms with E-state index in [0.29, 0.717) is 6.54 Å². The van der Waals surface area contributed by atoms with Crippen LogP contribution in [-0.4, -0.2) is 4.98 Å². The number of pyridine rings is 1. The molecule has 0 saturated carbocycles. The van der Waals surface area contributed by atoms with Crippen molar-refractivity contribution in [3.8, 4) is 11.5 Å². The van der Waals surface area contributed by atoms with E-state index in [0.717, 1.165) is 28.5 Å². The molecule has 1 aromatic heterocycles. The summed E-state index contributed by atoms with van der Waals surface area (Å²) < 4.78 is 5.92. The van der Waals surface area contributed by atoms with Crippen molar-refractivity contribution in [2.45, 2.75) is 27.3 Å². The van der Waals surface area contributed by atoms with E-state index < -0.39 is 0 Å². The van der Waals surface area contributed by atoms with E-state index in [1.807, 2.05) is 51.1 Å². The number of benzene rings is 1. The zero-order chi connectivity index (χ0) is 13.1. The molecule has 3 heteroatoms. The van der Waals surface area contributed by atoms with Crippen LogP contribution in [0.5, 0.6) is 11.5 Å². The number of hydrogen-bond acceptors (Lipinski definition) is 3. The van der Waals surface area contributed by atoms with Crippen molar-refractivity contribution in [2.75, 3.05) is 0 Å². The van der Waals surface area contributed by atoms with Gasteiger partial charge in [0.15, 0.2) is 0 Å². The van der Waals surface area contributed by atoms with Gasteiger partial charge in [-0.25, -0.2) is 0 Å². The van der Waals surface area contributed by atoms with Crippen LogP contribution in [0.4, 0.5) is 0 Å². The number of rotatable bonds is 3. The van der Waals surface area contributed by atoms with Crippen LogP contribution in [-0.2, 0) is 6.54 Å². The molecule has 0 unspecified atom stereocenters. The average Bonchev–Trinajstić information content (AvgIpc) is 2.28. The highest BCUT2D eigenvalue weighted by Crippen LogP contribution is 2.27. The van der Waals surface area contributed by atoms with Crippen molar-refractivity contribution in [2.24, 2.45) is 5.73 Å². The van der Waals surface area contributed by atoms with Crippen LogP contribution in [0, 0.1) is 20.8 Å². The molecule has 18 heavy (non-hydrogen) atoms. The minimum atomic E-state index is 0.431. The average molecular weight is 242 g/mol. The lowest BCUT2D eigenvalue weighted by Gasteiger charge is -2.13. The molecule has 0 saturated heterocycles. The summed E-state index contributed by atoms with van der Waals surface area (Å²) in [5, 5.41) is 0. The number of aromatic nitrogens is 1. The maximum atomic E-state index is 5.92. The summed E-state index contributed by atoms with van der Waals surface area (Å²) >= 11 is 0. The molecule has 3 nitrogen and oxygen atoms in total. The van der Waals surface area contributed by atoms with Crippen molar-refractivity contribution >= 4 is 0 Å². The fourth-order valence-corrected chi connectivity index (χ4v) is 1.96. The summed E-state index contributed by atoms with van der Waals surface area (Å²) in [6.45, 7) is 6.38. The molecule has 2 N–H and O–H groups in total. The molecule has 2 aromatic rings. The van der Waals surface area contributed by atoms with Crippen LogP contribution in [0.3, 0.4) is 0 Å². The molecule has 1 aromatic carbocycles. The van der Waals surface area contributed by atoms with E-state index in [1.54, 1.807) is 0 Å². The third kappa shape index (κ3) is 2.68. The van der Waals surface area contributed by atoms with Gasteiger partial charge in [-0.2, -0.15) is 0 Å². The van der Waals surface area contributed by atoms with E-state index in [-0.39, 0.29) is 0 Å². The minimum Gasteiger partial charge on any atom is -0.457 e. The Balaban J connectivity index is 2.39. The van der Waals surface area contributed by atoms with Crippen molar-refractivity contribution in [3.05, 3.63) is 52.8 Å². The lowest BCUT2D eigenvalue weighted by molar-refractivity contribution is 0.473. The highest BCUT2D eigenvalue weighted by molar-refractivity contribution is 5.41. The molecule has 0 bridgehead atoms. The Kier molecular flexibility index (Phi) is 3.63. The molecule has 0 atom stereocenters. The van der Waals surface area contributed by atoms with Crippen LogP contribution >= 0.6 is 0 Å². The first-order chi connectivity index (χ1) is 8.60. The largest absolute Gasteiger partial charge is 0.457 e. The third-order valence-corrected chi connectivity index (χ3v) is 2.84. The quantitative estimate of drug-likeness (QED) is 0.898. The first-order valence-electron chi connectivity index (χ1n) is 6.02. The minimum absolute atomic E-state index is 0.431. The van der Waals surface area contributed by atoms with Gasteiger partial charge in [-0.1, -0.05) is 12.1 Å². The second-order valence-electron chi connectivity index (χ2n) is 4.45. The second kappa shape index (κ2) is 5.19. The van der Waals surface area contributed by atoms with Gasteiger partial charge in [0.2, 0.25) is 0 Å². The van der Waals surface area contributed by atoms with Gasteiger partial charge < -0.3 is 10.5 Å². The van der Waals surface area contributed by atoms with Crippen LogP contribution in [0.15, 0.2) is 30.3 Å². The van der Waals surface area contributed by atoms with Crippen LogP contribution in [0.1, 0.15) is 22.5 Å². The Bertz CT molecular complexity index is 564. The summed E-state index contributed by atoms with van der Waals surface area (Å²) in [6, 6.07) is 9.90. The van der Waals surface area contributed by atoms with Crippen LogP contribution in [0.25, 0.3) is 0 Å². The summed E-state index contributed by atoms with van der Waals surface area (Å²) in [4.78, 5) is 4.40. The summed E-state index contributed by atoms with van der Waals surface area (Å²) in [7, 11) is 0. The first kappa shape index (κ1) is 12.6. The van der Waals surface area contributed by atoms with E-state index >= 15 is 0 Å². The molecule has 0 aliphatic carbocycles. The van der Waals surface area contributed by atoms with Crippen LogP contribution in [0.2, 0.25) is 0 Å². The van der Waals surface area contributed by atoms with Gasteiger partial charge in [-0.15, -0.1) is 0 Å². The fraction of sp³-hybridized carbons (Fsp3) is 0.267. The van der Waals surface area contributed by atoms with Crippen molar-refractivity contribution in [1.29, 1.82) is 0 Å². The Hall–Kier alpha value is -1.87. The maximum absolute atomic E-state index is 5.92. The molecule has 0 radical (unpaired) electrons. The normalized spacial score (nSPS) is 10.4. The Morgan fingerprint density at radius 1 is 1.17 bits per heavy atom. The van der Waals surface area contributed by atoms with Crippen molar-refractivity contribution < 1.29 is 4.74 Å². The predicted molar refractivity (Wildman–Crippen MR) is 72.9 cm³/mol. The molecule has 0 spiro atoms. The topological polar surface area (TPSA) is 48.1 Å². The predicted octanol–water partition coefficient (Wildman–Crippen LogP) is 3.26. The Morgan fingerprint density at radius 2 is 1.94 bits per heavy atom. The van der Waals surface area contributed by atoms with Crippen LogP contribution < -0.4 is 10.5 Å². The lowest BCUT2D eigenvalue weighted by atomic mass is 10.1. The Labute approximate surface area is 108 Å². The van der Waals surface area contributed by atoms with Gasteiger partial charge in [-0.3, -0.25) is 4.98 Å². The maximum Gasteiger partial charge on any atom is 0.135 e. The highest BCUT2D eigenvalue weighted by Gasteiger charge is 2.09. The van der Waals surface area contributed by atoms with Gasteiger partial charge in [0.25, 0.3) is 0 Å². The van der Waals surface area contributed by atoms with E-state index in [2.05, 4.69) is 4.98 Å². The van der Waals surface area contributed by atoms with Gasteiger partial charge in [0.1, 0.15) is 11.5 Å². The van der Waals surface area contributed by atoms with E-state index in [4.69, 9.17) is 10.5 Å². The molecule has 0 amide bonds. The second-order valence-corrected chi connectivity index (χ2v) is 4.45. The molecule has 0 aliphatic heterocycles. The molecule has 2 rings (SSSR count). The zero-order valence-corrected chi connectivity index (χ0v) is 11.0. The number of hydrogen-bond donors (Lipinski definition) is 1. The van der Waals surface area contributed by atoms with Gasteiger partial charge in [0, 0.05) is 29.6 Å². The number of nitrogens with two attached hydrogens (primary N) is 1. The molecular weight excluding hydrogens is 224 g/mol. The number of nitrogens with zero attached hydrogens (tertiary/aromatic N) is 1. The SMILES string of the molecule is Cc1cccc(Oc2cc(C)nc(C)c2CN)c1. The smallest absolute Gasteiger partial charge is 0.135 e. The van der Waals surface area contributed by atoms with Crippen molar-refractivity contribution in [3.63, 3.8) is 0 Å². The zero-order valence-electron chi connectivity index (χ0n) is 11.0. The lowest BCUT2D eigenvalue weighted by Crippen LogP contribution is -2.05. The third-order valence-electron chi connectivity index (χ3n) is 2.84.